The van der Waals surface area contributed by atoms with Gasteiger partial charge in [0.2, 0.25) is 0 Å². The van der Waals surface area contributed by atoms with Crippen LogP contribution in [0.3, 0.4) is 0 Å². The molecule has 1 saturated heterocycles. The van der Waals surface area contributed by atoms with Crippen LogP contribution in [0.25, 0.3) is 0 Å². The molecule has 2 aliphatic rings. The third-order valence-electron chi connectivity index (χ3n) is 5.06. The van der Waals surface area contributed by atoms with Crippen molar-refractivity contribution in [2.45, 2.75) is 35.6 Å². The summed E-state index contributed by atoms with van der Waals surface area (Å²) in [4.78, 5) is 5.62. The summed E-state index contributed by atoms with van der Waals surface area (Å²) in [6.07, 6.45) is 2.23. The first kappa shape index (κ1) is 15.3. The van der Waals surface area contributed by atoms with Crippen LogP contribution >= 0.6 is 11.8 Å². The summed E-state index contributed by atoms with van der Waals surface area (Å²) in [5.41, 5.74) is 4.52. The molecule has 0 bridgehead atoms. The van der Waals surface area contributed by atoms with Gasteiger partial charge >= 0.3 is 0 Å². The van der Waals surface area contributed by atoms with Gasteiger partial charge in [-0.05, 0) is 35.6 Å². The van der Waals surface area contributed by atoms with Gasteiger partial charge in [0.05, 0.1) is 0 Å². The van der Waals surface area contributed by atoms with Gasteiger partial charge in [-0.25, -0.2) is 0 Å². The maximum Gasteiger partial charge on any atom is 0.0401 e. The first-order chi connectivity index (χ1) is 11.4. The summed E-state index contributed by atoms with van der Waals surface area (Å²) < 4.78 is 0. The van der Waals surface area contributed by atoms with E-state index < -0.39 is 0 Å². The number of piperazine rings is 1. The van der Waals surface area contributed by atoms with Gasteiger partial charge in [-0.3, -0.25) is 4.90 Å². The molecule has 1 atom stereocenters. The van der Waals surface area contributed by atoms with E-state index in [1.807, 2.05) is 11.8 Å². The predicted molar refractivity (Wildman–Crippen MR) is 97.3 cm³/mol. The van der Waals surface area contributed by atoms with Crippen molar-refractivity contribution in [2.75, 3.05) is 26.2 Å². The zero-order valence-corrected chi connectivity index (χ0v) is 14.5. The fourth-order valence-electron chi connectivity index (χ4n) is 3.79. The molecule has 0 unspecified atom stereocenters. The van der Waals surface area contributed by atoms with Gasteiger partial charge in [-0.2, -0.15) is 0 Å². The zero-order valence-electron chi connectivity index (χ0n) is 13.7. The second-order valence-electron chi connectivity index (χ2n) is 6.40. The van der Waals surface area contributed by atoms with E-state index in [9.17, 15) is 0 Å². The Labute approximate surface area is 143 Å². The molecule has 3 heteroatoms. The van der Waals surface area contributed by atoms with E-state index in [0.717, 1.165) is 39.0 Å². The average molecular weight is 324 g/mol. The van der Waals surface area contributed by atoms with Crippen molar-refractivity contribution < 1.29 is 0 Å². The number of benzene rings is 2. The van der Waals surface area contributed by atoms with Crippen LogP contribution in [-0.2, 0) is 12.8 Å². The predicted octanol–water partition coefficient (Wildman–Crippen LogP) is 3.90. The highest BCUT2D eigenvalue weighted by atomic mass is 32.2. The van der Waals surface area contributed by atoms with Crippen LogP contribution < -0.4 is 5.32 Å². The van der Waals surface area contributed by atoms with Crippen molar-refractivity contribution in [3.05, 3.63) is 59.2 Å². The van der Waals surface area contributed by atoms with Crippen molar-refractivity contribution in [3.63, 3.8) is 0 Å². The highest BCUT2D eigenvalue weighted by molar-refractivity contribution is 7.99. The van der Waals surface area contributed by atoms with Crippen molar-refractivity contribution >= 4 is 11.8 Å². The van der Waals surface area contributed by atoms with Gasteiger partial charge in [-0.15, -0.1) is 0 Å². The standard InChI is InChI=1S/C20H24N2S/c1-2-15-7-5-8-17-18(22-12-10-21-11-13-22)14-16-6-3-4-9-19(16)23-20(15)17/h3-9,18,21H,2,10-14H2,1H3/t18-/m0/s1. The summed E-state index contributed by atoms with van der Waals surface area (Å²) in [7, 11) is 0. The Morgan fingerprint density at radius 2 is 1.91 bits per heavy atom. The van der Waals surface area contributed by atoms with Gasteiger partial charge in [0.25, 0.3) is 0 Å². The van der Waals surface area contributed by atoms with Crippen LogP contribution in [-0.4, -0.2) is 31.1 Å². The second kappa shape index (κ2) is 6.68. The number of rotatable bonds is 2. The van der Waals surface area contributed by atoms with E-state index in [1.165, 1.54) is 26.5 Å². The van der Waals surface area contributed by atoms with Crippen molar-refractivity contribution in [1.82, 2.24) is 10.2 Å². The first-order valence-corrected chi connectivity index (χ1v) is 9.51. The Kier molecular flexibility index (Phi) is 4.43. The second-order valence-corrected chi connectivity index (χ2v) is 7.46. The molecular weight excluding hydrogens is 300 g/mol. The Balaban J connectivity index is 1.82. The summed E-state index contributed by atoms with van der Waals surface area (Å²) in [5.74, 6) is 0. The molecular formula is C20H24N2S. The lowest BCUT2D eigenvalue weighted by molar-refractivity contribution is 0.170. The van der Waals surface area contributed by atoms with E-state index >= 15 is 0 Å². The SMILES string of the molecule is CCc1cccc2c1Sc1ccccc1C[C@@H]2N1CCNCC1. The maximum atomic E-state index is 3.49. The van der Waals surface area contributed by atoms with Gasteiger partial charge in [0.1, 0.15) is 0 Å². The first-order valence-electron chi connectivity index (χ1n) is 8.69. The van der Waals surface area contributed by atoms with Crippen LogP contribution in [0.5, 0.6) is 0 Å². The Morgan fingerprint density at radius 1 is 1.09 bits per heavy atom. The van der Waals surface area contributed by atoms with E-state index in [0.29, 0.717) is 6.04 Å². The third-order valence-corrected chi connectivity index (χ3v) is 6.38. The maximum absolute atomic E-state index is 3.49. The van der Waals surface area contributed by atoms with E-state index in [-0.39, 0.29) is 0 Å². The molecule has 1 N–H and O–H groups in total. The molecule has 0 aliphatic carbocycles. The highest BCUT2D eigenvalue weighted by Crippen LogP contribution is 2.44. The zero-order chi connectivity index (χ0) is 15.6. The minimum absolute atomic E-state index is 0.509. The fourth-order valence-corrected chi connectivity index (χ4v) is 5.10. The van der Waals surface area contributed by atoms with Crippen LogP contribution in [0.2, 0.25) is 0 Å². The number of aryl methyl sites for hydroxylation is 1. The molecule has 0 spiro atoms. The fraction of sp³-hybridized carbons (Fsp3) is 0.400. The lowest BCUT2D eigenvalue weighted by atomic mass is 9.95. The molecule has 2 aromatic carbocycles. The van der Waals surface area contributed by atoms with Crippen LogP contribution in [0.4, 0.5) is 0 Å². The molecule has 2 nitrogen and oxygen atoms in total. The van der Waals surface area contributed by atoms with Gasteiger partial charge < -0.3 is 5.32 Å². The Bertz CT molecular complexity index is 692. The molecule has 2 aromatic rings. The van der Waals surface area contributed by atoms with Crippen LogP contribution in [0, 0.1) is 0 Å². The smallest absolute Gasteiger partial charge is 0.0401 e. The van der Waals surface area contributed by atoms with Gasteiger partial charge in [0, 0.05) is 42.0 Å². The number of hydrogen-bond acceptors (Lipinski definition) is 3. The van der Waals surface area contributed by atoms with Crippen LogP contribution in [0.15, 0.2) is 52.3 Å². The quantitative estimate of drug-likeness (QED) is 0.902. The van der Waals surface area contributed by atoms with Crippen molar-refractivity contribution in [2.24, 2.45) is 0 Å². The molecule has 120 valence electrons. The van der Waals surface area contributed by atoms with E-state index in [2.05, 4.69) is 59.6 Å². The molecule has 4 rings (SSSR count). The molecule has 0 amide bonds. The normalized spacial score (nSPS) is 21.3. The minimum atomic E-state index is 0.509. The topological polar surface area (TPSA) is 15.3 Å². The summed E-state index contributed by atoms with van der Waals surface area (Å²) in [6.45, 7) is 6.77. The number of nitrogens with zero attached hydrogens (tertiary/aromatic N) is 1. The molecule has 0 saturated carbocycles. The molecule has 0 aromatic heterocycles. The third kappa shape index (κ3) is 2.93. The minimum Gasteiger partial charge on any atom is -0.314 e. The monoisotopic (exact) mass is 324 g/mol. The average Bonchev–Trinajstić information content (AvgIpc) is 2.79. The number of hydrogen-bond donors (Lipinski definition) is 1. The molecule has 2 heterocycles. The van der Waals surface area contributed by atoms with Gasteiger partial charge in [0.15, 0.2) is 0 Å². The van der Waals surface area contributed by atoms with Crippen molar-refractivity contribution in [1.29, 1.82) is 0 Å². The Morgan fingerprint density at radius 3 is 2.74 bits per heavy atom. The molecule has 2 aliphatic heterocycles. The summed E-state index contributed by atoms with van der Waals surface area (Å²) in [6, 6.07) is 16.4. The molecule has 23 heavy (non-hydrogen) atoms. The lowest BCUT2D eigenvalue weighted by Gasteiger charge is -2.35. The van der Waals surface area contributed by atoms with Crippen molar-refractivity contribution in [3.8, 4) is 0 Å². The lowest BCUT2D eigenvalue weighted by Crippen LogP contribution is -2.45. The van der Waals surface area contributed by atoms with E-state index in [4.69, 9.17) is 0 Å². The van der Waals surface area contributed by atoms with Gasteiger partial charge in [-0.1, -0.05) is 55.1 Å². The summed E-state index contributed by atoms with van der Waals surface area (Å²) in [5, 5.41) is 3.49. The Hall–Kier alpha value is -1.29. The number of nitrogens with one attached hydrogen (secondary N) is 1. The van der Waals surface area contributed by atoms with E-state index in [1.54, 1.807) is 0 Å². The largest absolute Gasteiger partial charge is 0.314 e. The molecule has 0 radical (unpaired) electrons. The molecule has 1 fully saturated rings. The van der Waals surface area contributed by atoms with Crippen LogP contribution in [0.1, 0.15) is 29.7 Å². The number of fused-ring (bicyclic) bond motifs is 2. The summed E-state index contributed by atoms with van der Waals surface area (Å²) >= 11 is 1.98. The highest BCUT2D eigenvalue weighted by Gasteiger charge is 2.29.